The molecular weight excluding hydrogens is 645 g/mol. The van der Waals surface area contributed by atoms with Crippen molar-refractivity contribution < 1.29 is 0 Å². The monoisotopic (exact) mass is 688 g/mol. The lowest BCUT2D eigenvalue weighted by Crippen LogP contribution is -1.86. The SMILES string of the molecule is CCCCCCCCc1cc(-c2ccc(-c3cc(CCCCCCCC)c(-c4cccs4)s3)c3nsnc23)sc1-c1cccs1. The molecule has 0 fully saturated rings. The second kappa shape index (κ2) is 16.6. The molecule has 1 aromatic carbocycles. The van der Waals surface area contributed by atoms with E-state index < -0.39 is 0 Å². The van der Waals surface area contributed by atoms with E-state index in [-0.39, 0.29) is 0 Å². The lowest BCUT2D eigenvalue weighted by atomic mass is 10.0. The van der Waals surface area contributed by atoms with Gasteiger partial charge >= 0.3 is 0 Å². The van der Waals surface area contributed by atoms with E-state index in [0.717, 1.165) is 23.9 Å². The van der Waals surface area contributed by atoms with Crippen LogP contribution in [0.15, 0.2) is 59.3 Å². The van der Waals surface area contributed by atoms with Gasteiger partial charge in [-0.3, -0.25) is 0 Å². The summed E-state index contributed by atoms with van der Waals surface area (Å²) in [5.41, 5.74) is 7.53. The smallest absolute Gasteiger partial charge is 0.114 e. The van der Waals surface area contributed by atoms with Crippen LogP contribution in [0.4, 0.5) is 0 Å². The van der Waals surface area contributed by atoms with Gasteiger partial charge in [-0.25, -0.2) is 0 Å². The molecule has 0 saturated heterocycles. The van der Waals surface area contributed by atoms with Gasteiger partial charge in [0.25, 0.3) is 0 Å². The third-order valence-corrected chi connectivity index (χ3v) is 13.7. The minimum atomic E-state index is 1.05. The fraction of sp³-hybridized carbons (Fsp3) is 0.421. The maximum atomic E-state index is 4.90. The zero-order chi connectivity index (χ0) is 30.8. The van der Waals surface area contributed by atoms with Crippen LogP contribution in [0.25, 0.3) is 51.4 Å². The minimum Gasteiger partial charge on any atom is -0.172 e. The summed E-state index contributed by atoms with van der Waals surface area (Å²) in [6, 6.07) is 18.5. The lowest BCUT2D eigenvalue weighted by molar-refractivity contribution is 0.608. The van der Waals surface area contributed by atoms with E-state index in [1.54, 1.807) is 0 Å². The molecule has 6 rings (SSSR count). The number of aromatic nitrogens is 2. The molecule has 5 heterocycles. The molecule has 0 spiro atoms. The highest BCUT2D eigenvalue weighted by molar-refractivity contribution is 7.24. The van der Waals surface area contributed by atoms with E-state index in [4.69, 9.17) is 8.75 Å². The van der Waals surface area contributed by atoms with Gasteiger partial charge in [0.05, 0.1) is 11.7 Å². The maximum Gasteiger partial charge on any atom is 0.114 e. The summed E-state index contributed by atoms with van der Waals surface area (Å²) >= 11 is 8.92. The van der Waals surface area contributed by atoms with Gasteiger partial charge in [0.2, 0.25) is 0 Å². The Bertz CT molecular complexity index is 1610. The molecule has 0 N–H and O–H groups in total. The fourth-order valence-electron chi connectivity index (χ4n) is 6.18. The number of unbranched alkanes of at least 4 members (excludes halogenated alkanes) is 10. The molecule has 0 radical (unpaired) electrons. The van der Waals surface area contributed by atoms with Crippen LogP contribution in [0, 0.1) is 0 Å². The lowest BCUT2D eigenvalue weighted by Gasteiger charge is -2.04. The van der Waals surface area contributed by atoms with Crippen LogP contribution in [-0.2, 0) is 12.8 Å². The number of nitrogens with zero attached hydrogens (tertiary/aromatic N) is 2. The summed E-state index contributed by atoms with van der Waals surface area (Å²) in [5.74, 6) is 0. The number of hydrogen-bond donors (Lipinski definition) is 0. The van der Waals surface area contributed by atoms with Gasteiger partial charge in [-0.2, -0.15) is 8.75 Å². The van der Waals surface area contributed by atoms with Gasteiger partial charge in [-0.15, -0.1) is 45.3 Å². The normalized spacial score (nSPS) is 11.7. The van der Waals surface area contributed by atoms with Crippen molar-refractivity contribution in [3.05, 3.63) is 70.4 Å². The quantitative estimate of drug-likeness (QED) is 0.0840. The van der Waals surface area contributed by atoms with Crippen molar-refractivity contribution in [3.8, 4) is 40.4 Å². The summed E-state index contributed by atoms with van der Waals surface area (Å²) in [6.45, 7) is 4.58. The molecule has 0 aliphatic rings. The van der Waals surface area contributed by atoms with Crippen molar-refractivity contribution in [1.29, 1.82) is 0 Å². The molecule has 45 heavy (non-hydrogen) atoms. The van der Waals surface area contributed by atoms with Crippen LogP contribution in [0.2, 0.25) is 0 Å². The zero-order valence-corrected chi connectivity index (χ0v) is 30.7. The molecule has 0 amide bonds. The van der Waals surface area contributed by atoms with Crippen molar-refractivity contribution >= 4 is 68.1 Å². The van der Waals surface area contributed by atoms with Crippen LogP contribution in [0.3, 0.4) is 0 Å². The van der Waals surface area contributed by atoms with Gasteiger partial charge < -0.3 is 0 Å². The summed E-state index contributed by atoms with van der Waals surface area (Å²) in [6.07, 6.45) is 18.2. The van der Waals surface area contributed by atoms with E-state index in [1.807, 2.05) is 45.3 Å². The standard InChI is InChI=1S/C38H44N2S5/c1-3-5-7-9-11-13-17-27-25-33(43-37(27)31-19-15-23-41-31)29-21-22-30(36-35(29)39-45-40-36)34-26-28(18-14-12-10-8-6-4-2)38(44-34)32-20-16-24-42-32/h15-16,19-26H,3-14,17-18H2,1-2H3. The van der Waals surface area contributed by atoms with Crippen LogP contribution < -0.4 is 0 Å². The van der Waals surface area contributed by atoms with E-state index in [9.17, 15) is 0 Å². The molecule has 0 atom stereocenters. The molecule has 5 aromatic heterocycles. The van der Waals surface area contributed by atoms with Crippen LogP contribution in [0.1, 0.15) is 102 Å². The van der Waals surface area contributed by atoms with Crippen molar-refractivity contribution in [2.75, 3.05) is 0 Å². The van der Waals surface area contributed by atoms with Crippen molar-refractivity contribution in [2.45, 2.75) is 104 Å². The van der Waals surface area contributed by atoms with Gasteiger partial charge in [-0.05, 0) is 71.8 Å². The molecule has 0 saturated carbocycles. The predicted molar refractivity (Wildman–Crippen MR) is 205 cm³/mol. The van der Waals surface area contributed by atoms with Crippen LogP contribution >= 0.6 is 57.1 Å². The van der Waals surface area contributed by atoms with Crippen molar-refractivity contribution in [1.82, 2.24) is 8.75 Å². The highest BCUT2D eigenvalue weighted by Gasteiger charge is 2.20. The Morgan fingerprint density at radius 3 is 1.38 bits per heavy atom. The Kier molecular flexibility index (Phi) is 12.1. The first-order valence-electron chi connectivity index (χ1n) is 16.9. The third kappa shape index (κ3) is 8.05. The molecule has 0 bridgehead atoms. The number of fused-ring (bicyclic) bond motifs is 1. The molecule has 7 heteroatoms. The summed E-state index contributed by atoms with van der Waals surface area (Å²) in [7, 11) is 0. The molecular formula is C38H44N2S5. The summed E-state index contributed by atoms with van der Waals surface area (Å²) < 4.78 is 9.80. The average molecular weight is 689 g/mol. The molecule has 236 valence electrons. The van der Waals surface area contributed by atoms with E-state index >= 15 is 0 Å². The number of benzene rings is 1. The molecule has 6 aromatic rings. The first-order valence-corrected chi connectivity index (χ1v) is 21.0. The van der Waals surface area contributed by atoms with Gasteiger partial charge in [0.15, 0.2) is 0 Å². The molecule has 2 nitrogen and oxygen atoms in total. The maximum absolute atomic E-state index is 4.90. The second-order valence-corrected chi connectivity index (χ2v) is 16.6. The Morgan fingerprint density at radius 1 is 0.511 bits per heavy atom. The molecule has 0 unspecified atom stereocenters. The minimum absolute atomic E-state index is 1.05. The average Bonchev–Trinajstić information content (AvgIpc) is 3.89. The Morgan fingerprint density at radius 2 is 0.956 bits per heavy atom. The Hall–Kier alpha value is -2.16. The summed E-state index contributed by atoms with van der Waals surface area (Å²) in [5, 5.41) is 4.40. The number of aryl methyl sites for hydroxylation is 2. The van der Waals surface area contributed by atoms with Gasteiger partial charge in [-0.1, -0.05) is 102 Å². The predicted octanol–water partition coefficient (Wildman–Crippen LogP) is 14.4. The largest absolute Gasteiger partial charge is 0.172 e. The summed E-state index contributed by atoms with van der Waals surface area (Å²) in [4.78, 5) is 8.28. The fourth-order valence-corrected chi connectivity index (χ4v) is 11.0. The van der Waals surface area contributed by atoms with Crippen LogP contribution in [0.5, 0.6) is 0 Å². The van der Waals surface area contributed by atoms with Gasteiger partial charge in [0.1, 0.15) is 11.0 Å². The first kappa shape index (κ1) is 32.8. The number of thiophene rings is 4. The molecule has 0 aliphatic heterocycles. The number of hydrogen-bond acceptors (Lipinski definition) is 7. The van der Waals surface area contributed by atoms with E-state index in [0.29, 0.717) is 0 Å². The highest BCUT2D eigenvalue weighted by atomic mass is 32.1. The van der Waals surface area contributed by atoms with Crippen molar-refractivity contribution in [2.24, 2.45) is 0 Å². The topological polar surface area (TPSA) is 25.8 Å². The Labute approximate surface area is 289 Å². The van der Waals surface area contributed by atoms with Gasteiger partial charge in [0, 0.05) is 40.4 Å². The Balaban J connectivity index is 1.28. The van der Waals surface area contributed by atoms with E-state index in [1.165, 1.54) is 140 Å². The third-order valence-electron chi connectivity index (χ3n) is 8.65. The second-order valence-electron chi connectivity index (χ2n) is 12.0. The number of rotatable bonds is 18. The van der Waals surface area contributed by atoms with Crippen molar-refractivity contribution in [3.63, 3.8) is 0 Å². The first-order chi connectivity index (χ1) is 22.3. The highest BCUT2D eigenvalue weighted by Crippen LogP contribution is 2.46. The molecule has 0 aliphatic carbocycles. The van der Waals surface area contributed by atoms with E-state index in [2.05, 4.69) is 73.1 Å². The van der Waals surface area contributed by atoms with Crippen LogP contribution in [-0.4, -0.2) is 8.75 Å². The zero-order valence-electron chi connectivity index (χ0n) is 26.6.